The fourth-order valence-corrected chi connectivity index (χ4v) is 4.43. The Labute approximate surface area is 152 Å². The lowest BCUT2D eigenvalue weighted by atomic mass is 10.3. The minimum Gasteiger partial charge on any atom is -0.347 e. The Morgan fingerprint density at radius 3 is 2.92 bits per heavy atom. The highest BCUT2D eigenvalue weighted by Gasteiger charge is 2.15. The summed E-state index contributed by atoms with van der Waals surface area (Å²) in [5, 5.41) is 7.99. The third-order valence-electron chi connectivity index (χ3n) is 3.64. The zero-order valence-electron chi connectivity index (χ0n) is 13.4. The van der Waals surface area contributed by atoms with E-state index in [0.717, 1.165) is 20.1 Å². The minimum absolute atomic E-state index is 0.0396. The van der Waals surface area contributed by atoms with Crippen molar-refractivity contribution in [1.82, 2.24) is 25.1 Å². The summed E-state index contributed by atoms with van der Waals surface area (Å²) >= 11 is 3.10. The number of benzene rings is 1. The van der Waals surface area contributed by atoms with Gasteiger partial charge in [0.2, 0.25) is 0 Å². The fraction of sp³-hybridized carbons (Fsp3) is 0.176. The first-order valence-corrected chi connectivity index (χ1v) is 9.41. The van der Waals surface area contributed by atoms with Crippen LogP contribution in [0.2, 0.25) is 0 Å². The van der Waals surface area contributed by atoms with Crippen molar-refractivity contribution in [1.29, 1.82) is 0 Å². The van der Waals surface area contributed by atoms with Gasteiger partial charge < -0.3 is 5.32 Å². The van der Waals surface area contributed by atoms with Crippen molar-refractivity contribution in [2.45, 2.75) is 19.5 Å². The summed E-state index contributed by atoms with van der Waals surface area (Å²) in [5.41, 5.74) is 0.989. The smallest absolute Gasteiger partial charge is 0.261 e. The van der Waals surface area contributed by atoms with E-state index in [1.165, 1.54) is 17.7 Å². The second kappa shape index (κ2) is 6.73. The first-order valence-electron chi connectivity index (χ1n) is 7.78. The van der Waals surface area contributed by atoms with Crippen molar-refractivity contribution in [2.75, 3.05) is 0 Å². The molecule has 4 rings (SSSR count). The van der Waals surface area contributed by atoms with Gasteiger partial charge in [-0.2, -0.15) is 5.10 Å². The van der Waals surface area contributed by atoms with Crippen molar-refractivity contribution in [3.8, 4) is 9.88 Å². The van der Waals surface area contributed by atoms with Crippen LogP contribution in [0.3, 0.4) is 0 Å². The second-order valence-electron chi connectivity index (χ2n) is 5.64. The molecular weight excluding hydrogens is 354 g/mol. The Bertz CT molecular complexity index is 972. The van der Waals surface area contributed by atoms with Gasteiger partial charge in [0.05, 0.1) is 26.5 Å². The predicted molar refractivity (Wildman–Crippen MR) is 99.9 cm³/mol. The Morgan fingerprint density at radius 2 is 2.12 bits per heavy atom. The maximum Gasteiger partial charge on any atom is 0.261 e. The molecule has 0 aliphatic heterocycles. The van der Waals surface area contributed by atoms with Crippen molar-refractivity contribution in [2.24, 2.45) is 0 Å². The molecule has 0 radical (unpaired) electrons. The average Bonchev–Trinajstić information content (AvgIpc) is 3.34. The van der Waals surface area contributed by atoms with Gasteiger partial charge in [-0.3, -0.25) is 9.48 Å². The molecule has 0 fully saturated rings. The van der Waals surface area contributed by atoms with E-state index in [1.807, 2.05) is 37.3 Å². The molecule has 0 aliphatic carbocycles. The van der Waals surface area contributed by atoms with Crippen LogP contribution >= 0.6 is 22.7 Å². The average molecular weight is 369 g/mol. The van der Waals surface area contributed by atoms with Gasteiger partial charge in [0.25, 0.3) is 5.91 Å². The third-order valence-corrected chi connectivity index (χ3v) is 5.93. The summed E-state index contributed by atoms with van der Waals surface area (Å²) in [5.74, 6) is -0.0787. The number of rotatable bonds is 5. The van der Waals surface area contributed by atoms with Gasteiger partial charge in [0, 0.05) is 6.04 Å². The molecule has 1 N–H and O–H groups in total. The van der Waals surface area contributed by atoms with Crippen LogP contribution in [0.4, 0.5) is 0 Å². The largest absolute Gasteiger partial charge is 0.347 e. The summed E-state index contributed by atoms with van der Waals surface area (Å²) in [6.45, 7) is 2.53. The van der Waals surface area contributed by atoms with Crippen LogP contribution in [0.25, 0.3) is 20.1 Å². The van der Waals surface area contributed by atoms with Gasteiger partial charge in [-0.1, -0.05) is 12.1 Å². The number of fused-ring (bicyclic) bond motifs is 1. The van der Waals surface area contributed by atoms with E-state index in [1.54, 1.807) is 22.3 Å². The van der Waals surface area contributed by atoms with Gasteiger partial charge >= 0.3 is 0 Å². The molecule has 1 unspecified atom stereocenters. The summed E-state index contributed by atoms with van der Waals surface area (Å²) in [7, 11) is 0. The highest BCUT2D eigenvalue weighted by atomic mass is 32.1. The van der Waals surface area contributed by atoms with Crippen molar-refractivity contribution in [3.63, 3.8) is 0 Å². The molecule has 3 aromatic heterocycles. The Morgan fingerprint density at radius 1 is 1.24 bits per heavy atom. The lowest BCUT2D eigenvalue weighted by Gasteiger charge is -2.12. The Balaban J connectivity index is 1.47. The Hall–Kier alpha value is -2.58. The lowest BCUT2D eigenvalue weighted by molar-refractivity contribution is 0.0940. The number of nitrogens with zero attached hydrogens (tertiary/aromatic N) is 4. The first-order chi connectivity index (χ1) is 12.2. The molecule has 0 saturated carbocycles. The van der Waals surface area contributed by atoms with Crippen molar-refractivity contribution >= 4 is 38.8 Å². The molecule has 6 nitrogen and oxygen atoms in total. The minimum atomic E-state index is -0.0787. The van der Waals surface area contributed by atoms with E-state index in [2.05, 4.69) is 26.4 Å². The van der Waals surface area contributed by atoms with Gasteiger partial charge in [-0.15, -0.1) is 22.7 Å². The second-order valence-corrected chi connectivity index (χ2v) is 7.76. The van der Waals surface area contributed by atoms with Gasteiger partial charge in [0.15, 0.2) is 0 Å². The number of thiazole rings is 1. The molecule has 0 spiro atoms. The predicted octanol–water partition coefficient (Wildman–Crippen LogP) is 3.43. The number of hydrogen-bond acceptors (Lipinski definition) is 6. The number of carbonyl (C=O) groups excluding carboxylic acids is 1. The molecule has 0 bridgehead atoms. The van der Waals surface area contributed by atoms with Crippen LogP contribution in [0, 0.1) is 0 Å². The van der Waals surface area contributed by atoms with E-state index < -0.39 is 0 Å². The highest BCUT2D eigenvalue weighted by Crippen LogP contribution is 2.34. The molecule has 8 heteroatoms. The summed E-state index contributed by atoms with van der Waals surface area (Å²) in [4.78, 5) is 22.7. The lowest BCUT2D eigenvalue weighted by Crippen LogP contribution is -2.35. The topological polar surface area (TPSA) is 72.7 Å². The normalized spacial score (nSPS) is 12.4. The zero-order chi connectivity index (χ0) is 17.2. The molecule has 1 aromatic carbocycles. The first kappa shape index (κ1) is 15.9. The molecule has 0 aliphatic rings. The van der Waals surface area contributed by atoms with E-state index >= 15 is 0 Å². The number of para-hydroxylation sites is 1. The number of amides is 1. The van der Waals surface area contributed by atoms with Crippen LogP contribution in [0.15, 0.2) is 49.1 Å². The summed E-state index contributed by atoms with van der Waals surface area (Å²) < 4.78 is 2.85. The Kier molecular flexibility index (Phi) is 4.29. The van der Waals surface area contributed by atoms with E-state index in [-0.39, 0.29) is 11.9 Å². The van der Waals surface area contributed by atoms with Crippen molar-refractivity contribution < 1.29 is 4.79 Å². The van der Waals surface area contributed by atoms with E-state index in [4.69, 9.17) is 0 Å². The van der Waals surface area contributed by atoms with Crippen LogP contribution in [0.1, 0.15) is 16.6 Å². The number of hydrogen-bond donors (Lipinski definition) is 1. The van der Waals surface area contributed by atoms with Crippen LogP contribution < -0.4 is 5.32 Å². The van der Waals surface area contributed by atoms with Gasteiger partial charge in [-0.25, -0.2) is 9.97 Å². The molecule has 1 atom stereocenters. The zero-order valence-corrected chi connectivity index (χ0v) is 15.0. The van der Waals surface area contributed by atoms with Crippen LogP contribution in [-0.4, -0.2) is 31.7 Å². The van der Waals surface area contributed by atoms with Crippen LogP contribution in [-0.2, 0) is 6.54 Å². The summed E-state index contributed by atoms with van der Waals surface area (Å²) in [6, 6.07) is 11.8. The van der Waals surface area contributed by atoms with Gasteiger partial charge in [0.1, 0.15) is 17.7 Å². The highest BCUT2D eigenvalue weighted by molar-refractivity contribution is 7.26. The van der Waals surface area contributed by atoms with Crippen molar-refractivity contribution in [3.05, 3.63) is 53.9 Å². The number of nitrogens with one attached hydrogen (secondary N) is 1. The molecular formula is C17H15N5OS2. The standard InChI is InChI=1S/C17H15N5OS2/c1-11(8-22-10-18-9-19-22)20-16(23)14-6-7-15(24-14)17-21-12-4-2-3-5-13(12)25-17/h2-7,9-11H,8H2,1H3,(H,20,23). The van der Waals surface area contributed by atoms with Crippen LogP contribution in [0.5, 0.6) is 0 Å². The van der Waals surface area contributed by atoms with E-state index in [0.29, 0.717) is 11.4 Å². The SMILES string of the molecule is CC(Cn1cncn1)NC(=O)c1ccc(-c2nc3ccccc3s2)s1. The molecule has 3 heterocycles. The quantitative estimate of drug-likeness (QED) is 0.585. The molecule has 4 aromatic rings. The monoisotopic (exact) mass is 369 g/mol. The number of aromatic nitrogens is 4. The molecule has 1 amide bonds. The maximum absolute atomic E-state index is 12.4. The number of carbonyl (C=O) groups is 1. The molecule has 0 saturated heterocycles. The molecule has 25 heavy (non-hydrogen) atoms. The van der Waals surface area contributed by atoms with Gasteiger partial charge in [-0.05, 0) is 31.2 Å². The summed E-state index contributed by atoms with van der Waals surface area (Å²) in [6.07, 6.45) is 3.12. The van der Waals surface area contributed by atoms with E-state index in [9.17, 15) is 4.79 Å². The maximum atomic E-state index is 12.4. The molecule has 126 valence electrons. The third kappa shape index (κ3) is 3.45. The fourth-order valence-electron chi connectivity index (χ4n) is 2.50. The number of thiophene rings is 1.